The highest BCUT2D eigenvalue weighted by molar-refractivity contribution is 7.99. The molecule has 0 aliphatic heterocycles. The van der Waals surface area contributed by atoms with E-state index in [-0.39, 0.29) is 17.7 Å². The van der Waals surface area contributed by atoms with Gasteiger partial charge in [-0.3, -0.25) is 4.79 Å². The molecule has 1 amide bonds. The van der Waals surface area contributed by atoms with E-state index in [9.17, 15) is 4.79 Å². The average molecular weight is 357 g/mol. The number of anilines is 2. The summed E-state index contributed by atoms with van der Waals surface area (Å²) in [4.78, 5) is 20.3. The van der Waals surface area contributed by atoms with Gasteiger partial charge in [-0.2, -0.15) is 0 Å². The number of amides is 1. The average Bonchev–Trinajstić information content (AvgIpc) is 2.58. The molecule has 0 bridgehead atoms. The number of nitrogens with two attached hydrogens (primary N) is 2. The van der Waals surface area contributed by atoms with Crippen LogP contribution in [0.1, 0.15) is 42.5 Å². The number of hydrogen-bond acceptors (Lipinski definition) is 6. The summed E-state index contributed by atoms with van der Waals surface area (Å²) in [5.41, 5.74) is 15.3. The van der Waals surface area contributed by atoms with Crippen LogP contribution in [0.25, 0.3) is 0 Å². The molecule has 1 aromatic heterocycles. The van der Waals surface area contributed by atoms with Crippen molar-refractivity contribution in [1.82, 2.24) is 15.3 Å². The van der Waals surface area contributed by atoms with Crippen LogP contribution >= 0.6 is 11.8 Å². The lowest BCUT2D eigenvalue weighted by atomic mass is 9.89. The predicted octanol–water partition coefficient (Wildman–Crippen LogP) is 2.49. The molecule has 0 saturated heterocycles. The highest BCUT2D eigenvalue weighted by atomic mass is 32.2. The number of fused-ring (bicyclic) bond motifs is 1. The molecule has 0 unspecified atom stereocenters. The molecule has 132 valence electrons. The van der Waals surface area contributed by atoms with E-state index in [2.05, 4.69) is 33.5 Å². The number of nitrogen functional groups attached to an aromatic ring is 2. The molecule has 3 rings (SSSR count). The molecule has 1 aliphatic rings. The Balaban J connectivity index is 1.57. The van der Waals surface area contributed by atoms with Crippen molar-refractivity contribution in [2.75, 3.05) is 17.2 Å². The van der Waals surface area contributed by atoms with E-state index >= 15 is 0 Å². The van der Waals surface area contributed by atoms with Gasteiger partial charge in [-0.05, 0) is 49.3 Å². The van der Waals surface area contributed by atoms with Gasteiger partial charge in [0.05, 0.1) is 11.8 Å². The first-order chi connectivity index (χ1) is 12.0. The van der Waals surface area contributed by atoms with Crippen LogP contribution < -0.4 is 16.8 Å². The Morgan fingerprint density at radius 2 is 1.84 bits per heavy atom. The first-order valence-electron chi connectivity index (χ1n) is 8.45. The van der Waals surface area contributed by atoms with Crippen LogP contribution in [-0.2, 0) is 17.6 Å². The number of nitrogens with one attached hydrogen (secondary N) is 1. The fourth-order valence-corrected chi connectivity index (χ4v) is 3.73. The summed E-state index contributed by atoms with van der Waals surface area (Å²) in [6.07, 6.45) is 4.81. The third-order valence-corrected chi connectivity index (χ3v) is 5.17. The number of nitrogens with zero attached hydrogens (tertiary/aromatic N) is 2. The Hall–Kier alpha value is -2.28. The minimum Gasteiger partial charge on any atom is -0.383 e. The van der Waals surface area contributed by atoms with Gasteiger partial charge in [-0.15, -0.1) is 0 Å². The summed E-state index contributed by atoms with van der Waals surface area (Å²) >= 11 is 1.22. The summed E-state index contributed by atoms with van der Waals surface area (Å²) in [5, 5.41) is 3.44. The second kappa shape index (κ2) is 7.74. The van der Waals surface area contributed by atoms with Crippen molar-refractivity contribution in [2.24, 2.45) is 0 Å². The van der Waals surface area contributed by atoms with Crippen molar-refractivity contribution in [3.63, 3.8) is 0 Å². The van der Waals surface area contributed by atoms with Crippen LogP contribution in [0.3, 0.4) is 0 Å². The summed E-state index contributed by atoms with van der Waals surface area (Å²) in [6, 6.07) is 8.00. The van der Waals surface area contributed by atoms with E-state index in [1.165, 1.54) is 41.8 Å². The summed E-state index contributed by atoms with van der Waals surface area (Å²) < 4.78 is 0. The number of aromatic nitrogens is 2. The molecule has 7 heteroatoms. The summed E-state index contributed by atoms with van der Waals surface area (Å²) in [5.74, 6) is 0.758. The quantitative estimate of drug-likeness (QED) is 0.560. The number of rotatable bonds is 5. The number of carbonyl (C=O) groups excluding carboxylic acids is 1. The first-order valence-corrected chi connectivity index (χ1v) is 9.44. The third-order valence-electron chi connectivity index (χ3n) is 4.33. The van der Waals surface area contributed by atoms with Crippen LogP contribution in [0, 0.1) is 0 Å². The molecule has 1 aliphatic carbocycles. The largest absolute Gasteiger partial charge is 0.383 e. The van der Waals surface area contributed by atoms with Crippen LogP contribution in [-0.4, -0.2) is 21.6 Å². The number of hydrogen-bond donors (Lipinski definition) is 3. The minimum atomic E-state index is -0.0696. The summed E-state index contributed by atoms with van der Waals surface area (Å²) in [7, 11) is 0. The van der Waals surface area contributed by atoms with E-state index < -0.39 is 0 Å². The Morgan fingerprint density at radius 1 is 1.16 bits per heavy atom. The zero-order chi connectivity index (χ0) is 17.8. The monoisotopic (exact) mass is 357 g/mol. The van der Waals surface area contributed by atoms with Crippen LogP contribution in [0.2, 0.25) is 0 Å². The Kier molecular flexibility index (Phi) is 5.43. The highest BCUT2D eigenvalue weighted by Crippen LogP contribution is 2.25. The van der Waals surface area contributed by atoms with Crippen molar-refractivity contribution >= 4 is 29.3 Å². The number of carbonyl (C=O) groups is 1. The van der Waals surface area contributed by atoms with Gasteiger partial charge in [-0.1, -0.05) is 30.0 Å². The lowest BCUT2D eigenvalue weighted by Crippen LogP contribution is -2.28. The zero-order valence-electron chi connectivity index (χ0n) is 14.3. The van der Waals surface area contributed by atoms with Gasteiger partial charge in [0.15, 0.2) is 5.16 Å². The van der Waals surface area contributed by atoms with Gasteiger partial charge in [0.2, 0.25) is 5.91 Å². The van der Waals surface area contributed by atoms with Crippen molar-refractivity contribution in [2.45, 2.75) is 43.8 Å². The van der Waals surface area contributed by atoms with Crippen molar-refractivity contribution in [3.8, 4) is 0 Å². The maximum atomic E-state index is 12.2. The van der Waals surface area contributed by atoms with Gasteiger partial charge in [0.1, 0.15) is 11.6 Å². The molecule has 0 radical (unpaired) electrons. The Bertz CT molecular complexity index is 760. The minimum absolute atomic E-state index is 0.0350. The van der Waals surface area contributed by atoms with Crippen molar-refractivity contribution < 1.29 is 4.79 Å². The topological polar surface area (TPSA) is 107 Å². The van der Waals surface area contributed by atoms with Gasteiger partial charge < -0.3 is 16.8 Å². The van der Waals surface area contributed by atoms with E-state index in [1.54, 1.807) is 0 Å². The van der Waals surface area contributed by atoms with Crippen molar-refractivity contribution in [1.29, 1.82) is 0 Å². The highest BCUT2D eigenvalue weighted by Gasteiger charge is 2.14. The lowest BCUT2D eigenvalue weighted by Gasteiger charge is -2.20. The standard InChI is InChI=1S/C18H23N5OS/c1-11(13-7-6-12-4-2-3-5-14(12)8-13)21-17(24)10-25-18-22-15(19)9-16(20)23-18/h6-9,11H,2-5,10H2,1H3,(H,21,24)(H4,19,20,22,23)/t11-/m1/s1. The molecule has 1 heterocycles. The second-order valence-electron chi connectivity index (χ2n) is 6.31. The molecule has 0 fully saturated rings. The van der Waals surface area contributed by atoms with Gasteiger partial charge in [0.25, 0.3) is 0 Å². The van der Waals surface area contributed by atoms with Crippen molar-refractivity contribution in [3.05, 3.63) is 41.0 Å². The fourth-order valence-electron chi connectivity index (χ4n) is 3.05. The molecule has 25 heavy (non-hydrogen) atoms. The molecule has 1 atom stereocenters. The lowest BCUT2D eigenvalue weighted by molar-refractivity contribution is -0.119. The Labute approximate surface area is 151 Å². The summed E-state index contributed by atoms with van der Waals surface area (Å²) in [6.45, 7) is 2.00. The predicted molar refractivity (Wildman–Crippen MR) is 101 cm³/mol. The maximum absolute atomic E-state index is 12.2. The van der Waals surface area contributed by atoms with E-state index in [0.717, 1.165) is 18.4 Å². The second-order valence-corrected chi connectivity index (χ2v) is 7.26. The fraction of sp³-hybridized carbons (Fsp3) is 0.389. The molecule has 6 nitrogen and oxygen atoms in total. The van der Waals surface area contributed by atoms with Gasteiger partial charge in [0, 0.05) is 6.07 Å². The first kappa shape index (κ1) is 17.5. The van der Waals surface area contributed by atoms with Gasteiger partial charge >= 0.3 is 0 Å². The number of aryl methyl sites for hydroxylation is 2. The number of benzene rings is 1. The molecule has 1 aromatic carbocycles. The van der Waals surface area contributed by atoms with Crippen LogP contribution in [0.4, 0.5) is 11.6 Å². The maximum Gasteiger partial charge on any atom is 0.230 e. The molecule has 5 N–H and O–H groups in total. The Morgan fingerprint density at radius 3 is 2.56 bits per heavy atom. The van der Waals surface area contributed by atoms with Gasteiger partial charge in [-0.25, -0.2) is 9.97 Å². The third kappa shape index (κ3) is 4.63. The SMILES string of the molecule is C[C@@H](NC(=O)CSc1nc(N)cc(N)n1)c1ccc2c(c1)CCCC2. The molecule has 0 spiro atoms. The van der Waals surface area contributed by atoms with E-state index in [1.807, 2.05) is 6.92 Å². The zero-order valence-corrected chi connectivity index (χ0v) is 15.1. The molecule has 2 aromatic rings. The molecular formula is C18H23N5OS. The van der Waals surface area contributed by atoms with Crippen LogP contribution in [0.5, 0.6) is 0 Å². The molecule has 0 saturated carbocycles. The normalized spacial score (nSPS) is 14.6. The van der Waals surface area contributed by atoms with E-state index in [0.29, 0.717) is 16.8 Å². The number of thioether (sulfide) groups is 1. The smallest absolute Gasteiger partial charge is 0.230 e. The molecular weight excluding hydrogens is 334 g/mol. The van der Waals surface area contributed by atoms with Crippen LogP contribution in [0.15, 0.2) is 29.4 Å². The van der Waals surface area contributed by atoms with E-state index in [4.69, 9.17) is 11.5 Å².